The van der Waals surface area contributed by atoms with Crippen molar-refractivity contribution in [2.75, 3.05) is 5.73 Å². The summed E-state index contributed by atoms with van der Waals surface area (Å²) in [5, 5.41) is 4.16. The third-order valence-electron chi connectivity index (χ3n) is 1.32. The first-order chi connectivity index (χ1) is 5.09. The maximum absolute atomic E-state index is 5.66. The molecule has 1 heterocycles. The Morgan fingerprint density at radius 1 is 1.73 bits per heavy atom. The van der Waals surface area contributed by atoms with Crippen molar-refractivity contribution in [1.82, 2.24) is 9.78 Å². The molecule has 11 heavy (non-hydrogen) atoms. The van der Waals surface area contributed by atoms with Crippen LogP contribution in [0.1, 0.15) is 13.8 Å². The van der Waals surface area contributed by atoms with E-state index in [2.05, 4.69) is 34.9 Å². The van der Waals surface area contributed by atoms with Gasteiger partial charge in [-0.25, -0.2) is 4.68 Å². The van der Waals surface area contributed by atoms with Gasteiger partial charge in [0.25, 0.3) is 0 Å². The highest BCUT2D eigenvalue weighted by Crippen LogP contribution is 2.13. The van der Waals surface area contributed by atoms with Crippen LogP contribution in [0, 0.1) is 5.92 Å². The van der Waals surface area contributed by atoms with Gasteiger partial charge in [0.05, 0.1) is 0 Å². The first-order valence-corrected chi connectivity index (χ1v) is 4.37. The van der Waals surface area contributed by atoms with Crippen LogP contribution in [0.4, 0.5) is 5.82 Å². The van der Waals surface area contributed by atoms with Crippen LogP contribution in [-0.4, -0.2) is 9.78 Å². The predicted octanol–water partition coefficient (Wildman–Crippen LogP) is 1.88. The summed E-state index contributed by atoms with van der Waals surface area (Å²) in [5.74, 6) is 1.29. The van der Waals surface area contributed by atoms with Gasteiger partial charge in [-0.2, -0.15) is 5.10 Å². The number of aromatic nitrogens is 2. The van der Waals surface area contributed by atoms with Gasteiger partial charge in [0.1, 0.15) is 10.4 Å². The lowest BCUT2D eigenvalue weighted by Gasteiger charge is -2.05. The highest BCUT2D eigenvalue weighted by molar-refractivity contribution is 9.10. The predicted molar refractivity (Wildman–Crippen MR) is 49.2 cm³/mol. The Hall–Kier alpha value is -0.510. The highest BCUT2D eigenvalue weighted by atomic mass is 79.9. The first-order valence-electron chi connectivity index (χ1n) is 3.58. The summed E-state index contributed by atoms with van der Waals surface area (Å²) in [6.07, 6.45) is 0. The molecule has 0 atom stereocenters. The van der Waals surface area contributed by atoms with Gasteiger partial charge in [-0.05, 0) is 21.8 Å². The molecular formula is C7H12BrN3. The molecular weight excluding hydrogens is 206 g/mol. The van der Waals surface area contributed by atoms with Gasteiger partial charge in [0, 0.05) is 12.6 Å². The molecule has 0 aromatic carbocycles. The molecule has 0 fully saturated rings. The minimum absolute atomic E-state index is 0.573. The van der Waals surface area contributed by atoms with Crippen LogP contribution in [0.2, 0.25) is 0 Å². The fourth-order valence-electron chi connectivity index (χ4n) is 0.891. The molecule has 0 aliphatic heterocycles. The molecule has 0 saturated heterocycles. The maximum Gasteiger partial charge on any atom is 0.130 e. The minimum atomic E-state index is 0.573. The summed E-state index contributed by atoms with van der Waals surface area (Å²) in [6, 6.07) is 1.81. The van der Waals surface area contributed by atoms with Crippen molar-refractivity contribution < 1.29 is 0 Å². The van der Waals surface area contributed by atoms with Crippen LogP contribution in [0.5, 0.6) is 0 Å². The Balaban J connectivity index is 2.77. The van der Waals surface area contributed by atoms with E-state index in [-0.39, 0.29) is 0 Å². The normalized spacial score (nSPS) is 10.9. The number of anilines is 1. The smallest absolute Gasteiger partial charge is 0.130 e. The van der Waals surface area contributed by atoms with E-state index in [1.807, 2.05) is 6.07 Å². The van der Waals surface area contributed by atoms with Crippen LogP contribution in [-0.2, 0) is 6.54 Å². The van der Waals surface area contributed by atoms with Crippen molar-refractivity contribution in [1.29, 1.82) is 0 Å². The average molecular weight is 218 g/mol. The molecule has 1 aromatic rings. The maximum atomic E-state index is 5.66. The molecule has 1 rings (SSSR count). The van der Waals surface area contributed by atoms with E-state index in [9.17, 15) is 0 Å². The number of hydrogen-bond donors (Lipinski definition) is 1. The molecule has 0 aliphatic rings. The zero-order chi connectivity index (χ0) is 8.43. The van der Waals surface area contributed by atoms with Gasteiger partial charge >= 0.3 is 0 Å². The third-order valence-corrected chi connectivity index (χ3v) is 1.71. The number of halogens is 1. The van der Waals surface area contributed by atoms with Gasteiger partial charge in [-0.15, -0.1) is 0 Å². The van der Waals surface area contributed by atoms with Crippen molar-refractivity contribution in [2.24, 2.45) is 5.92 Å². The van der Waals surface area contributed by atoms with E-state index < -0.39 is 0 Å². The molecule has 0 saturated carbocycles. The van der Waals surface area contributed by atoms with Crippen molar-refractivity contribution in [3.05, 3.63) is 10.7 Å². The van der Waals surface area contributed by atoms with Gasteiger partial charge in [0.2, 0.25) is 0 Å². The molecule has 0 aliphatic carbocycles. The Kier molecular flexibility index (Phi) is 2.54. The summed E-state index contributed by atoms with van der Waals surface area (Å²) < 4.78 is 2.60. The Morgan fingerprint density at radius 3 is 2.73 bits per heavy atom. The lowest BCUT2D eigenvalue weighted by atomic mass is 10.2. The molecule has 62 valence electrons. The second-order valence-corrected chi connectivity index (χ2v) is 3.78. The number of rotatable bonds is 2. The van der Waals surface area contributed by atoms with Crippen LogP contribution in [0.3, 0.4) is 0 Å². The van der Waals surface area contributed by atoms with Gasteiger partial charge in [-0.3, -0.25) is 0 Å². The number of nitrogens with zero attached hydrogens (tertiary/aromatic N) is 2. The SMILES string of the molecule is CC(C)Cn1nc(Br)cc1N. The summed E-state index contributed by atoms with van der Waals surface area (Å²) in [7, 11) is 0. The largest absolute Gasteiger partial charge is 0.384 e. The van der Waals surface area contributed by atoms with Gasteiger partial charge < -0.3 is 5.73 Å². The number of nitrogen functional groups attached to an aromatic ring is 1. The van der Waals surface area contributed by atoms with Crippen LogP contribution in [0.15, 0.2) is 10.7 Å². The molecule has 0 bridgehead atoms. The van der Waals surface area contributed by atoms with Crippen LogP contribution < -0.4 is 5.73 Å². The highest BCUT2D eigenvalue weighted by Gasteiger charge is 2.03. The van der Waals surface area contributed by atoms with E-state index in [0.29, 0.717) is 11.7 Å². The van der Waals surface area contributed by atoms with Crippen LogP contribution >= 0.6 is 15.9 Å². The second-order valence-electron chi connectivity index (χ2n) is 2.97. The molecule has 4 heteroatoms. The topological polar surface area (TPSA) is 43.8 Å². The van der Waals surface area contributed by atoms with Crippen molar-refractivity contribution in [3.63, 3.8) is 0 Å². The number of hydrogen-bond acceptors (Lipinski definition) is 2. The monoisotopic (exact) mass is 217 g/mol. The van der Waals surface area contributed by atoms with Crippen molar-refractivity contribution in [2.45, 2.75) is 20.4 Å². The number of nitrogens with two attached hydrogens (primary N) is 1. The van der Waals surface area contributed by atoms with E-state index in [4.69, 9.17) is 5.73 Å². The molecule has 0 spiro atoms. The molecule has 0 unspecified atom stereocenters. The van der Waals surface area contributed by atoms with E-state index >= 15 is 0 Å². The lowest BCUT2D eigenvalue weighted by molar-refractivity contribution is 0.487. The standard InChI is InChI=1S/C7H12BrN3/c1-5(2)4-11-7(9)3-6(8)10-11/h3,5H,4,9H2,1-2H3. The summed E-state index contributed by atoms with van der Waals surface area (Å²) in [5.41, 5.74) is 5.66. The van der Waals surface area contributed by atoms with Crippen molar-refractivity contribution in [3.8, 4) is 0 Å². The third kappa shape index (κ3) is 2.22. The van der Waals surface area contributed by atoms with E-state index in [1.165, 1.54) is 0 Å². The first kappa shape index (κ1) is 8.59. The lowest BCUT2D eigenvalue weighted by Crippen LogP contribution is -2.08. The molecule has 0 radical (unpaired) electrons. The summed E-state index contributed by atoms with van der Waals surface area (Å²) >= 11 is 3.26. The minimum Gasteiger partial charge on any atom is -0.384 e. The van der Waals surface area contributed by atoms with E-state index in [0.717, 1.165) is 11.1 Å². The fraction of sp³-hybridized carbons (Fsp3) is 0.571. The average Bonchev–Trinajstić information content (AvgIpc) is 2.09. The summed E-state index contributed by atoms with van der Waals surface area (Å²) in [6.45, 7) is 5.14. The van der Waals surface area contributed by atoms with Crippen LogP contribution in [0.25, 0.3) is 0 Å². The molecule has 2 N–H and O–H groups in total. The van der Waals surface area contributed by atoms with Crippen molar-refractivity contribution >= 4 is 21.7 Å². The Morgan fingerprint density at radius 2 is 2.36 bits per heavy atom. The fourth-order valence-corrected chi connectivity index (χ4v) is 1.32. The Bertz CT molecular complexity index is 242. The summed E-state index contributed by atoms with van der Waals surface area (Å²) in [4.78, 5) is 0. The molecule has 3 nitrogen and oxygen atoms in total. The molecule has 1 aromatic heterocycles. The second kappa shape index (κ2) is 3.26. The Labute approximate surface area is 74.7 Å². The van der Waals surface area contributed by atoms with Gasteiger partial charge in [0.15, 0.2) is 0 Å². The molecule has 0 amide bonds. The van der Waals surface area contributed by atoms with Gasteiger partial charge in [-0.1, -0.05) is 13.8 Å². The quantitative estimate of drug-likeness (QED) is 0.823. The zero-order valence-corrected chi connectivity index (χ0v) is 8.30. The zero-order valence-electron chi connectivity index (χ0n) is 6.71. The van der Waals surface area contributed by atoms with E-state index in [1.54, 1.807) is 4.68 Å².